The van der Waals surface area contributed by atoms with E-state index < -0.39 is 28.8 Å². The lowest BCUT2D eigenvalue weighted by molar-refractivity contribution is -0.141. The van der Waals surface area contributed by atoms with Crippen LogP contribution >= 0.6 is 11.3 Å². The van der Waals surface area contributed by atoms with Crippen molar-refractivity contribution in [2.24, 2.45) is 5.10 Å². The number of nitrogens with one attached hydrogen (secondary N) is 1. The molecule has 0 spiro atoms. The number of hydrazone groups is 1. The fourth-order valence-electron chi connectivity index (χ4n) is 1.96. The monoisotopic (exact) mass is 384 g/mol. The van der Waals surface area contributed by atoms with Gasteiger partial charge in [-0.05, 0) is 42.5 Å². The molecular weight excluding hydrogens is 375 g/mol. The van der Waals surface area contributed by atoms with Gasteiger partial charge in [0, 0.05) is 5.56 Å². The first-order valence-electron chi connectivity index (χ1n) is 7.08. The van der Waals surface area contributed by atoms with Crippen LogP contribution in [0.5, 0.6) is 0 Å². The van der Waals surface area contributed by atoms with Gasteiger partial charge < -0.3 is 0 Å². The fourth-order valence-corrected chi connectivity index (χ4v) is 2.57. The molecular formula is C16H9F5N4S. The van der Waals surface area contributed by atoms with Crippen molar-refractivity contribution in [2.75, 3.05) is 5.43 Å². The Kier molecular flexibility index (Phi) is 4.94. The normalized spacial score (nSPS) is 11.9. The molecule has 4 nitrogen and oxygen atoms in total. The van der Waals surface area contributed by atoms with Crippen molar-refractivity contribution in [3.63, 3.8) is 0 Å². The van der Waals surface area contributed by atoms with Crippen LogP contribution in [0.4, 0.5) is 27.9 Å². The number of halogens is 5. The Labute approximate surface area is 148 Å². The molecule has 0 fully saturated rings. The van der Waals surface area contributed by atoms with Crippen molar-refractivity contribution < 1.29 is 22.0 Å². The predicted molar refractivity (Wildman–Crippen MR) is 87.9 cm³/mol. The lowest BCUT2D eigenvalue weighted by Crippen LogP contribution is -2.11. The lowest BCUT2D eigenvalue weighted by Gasteiger charge is -2.10. The highest BCUT2D eigenvalue weighted by Crippen LogP contribution is 2.31. The lowest BCUT2D eigenvalue weighted by atomic mass is 10.1. The molecule has 3 rings (SSSR count). The van der Waals surface area contributed by atoms with E-state index in [0.717, 1.165) is 29.5 Å². The van der Waals surface area contributed by atoms with Gasteiger partial charge in [0.1, 0.15) is 5.82 Å². The maximum absolute atomic E-state index is 13.1. The van der Waals surface area contributed by atoms with Crippen molar-refractivity contribution in [3.05, 3.63) is 64.0 Å². The molecule has 0 aliphatic heterocycles. The maximum Gasteiger partial charge on any atom is 0.433 e. The first-order chi connectivity index (χ1) is 12.3. The van der Waals surface area contributed by atoms with Crippen molar-refractivity contribution in [2.45, 2.75) is 6.18 Å². The van der Waals surface area contributed by atoms with E-state index in [1.807, 2.05) is 0 Å². The number of hydrogen-bond acceptors (Lipinski definition) is 5. The second-order valence-corrected chi connectivity index (χ2v) is 6.04. The number of rotatable bonds is 4. The highest BCUT2D eigenvalue weighted by Gasteiger charge is 2.33. The maximum atomic E-state index is 13.1. The molecule has 3 aromatic rings. The molecule has 0 unspecified atom stereocenters. The second-order valence-electron chi connectivity index (χ2n) is 4.98. The summed E-state index contributed by atoms with van der Waals surface area (Å²) in [5, 5.41) is 3.30. The van der Waals surface area contributed by atoms with Gasteiger partial charge in [-0.25, -0.2) is 19.8 Å². The van der Waals surface area contributed by atoms with Gasteiger partial charge in [0.25, 0.3) is 0 Å². The summed E-state index contributed by atoms with van der Waals surface area (Å²) >= 11 is 0.819. The van der Waals surface area contributed by atoms with Crippen LogP contribution in [0.15, 0.2) is 47.6 Å². The summed E-state index contributed by atoms with van der Waals surface area (Å²) in [5.41, 5.74) is 1.35. The summed E-state index contributed by atoms with van der Waals surface area (Å²) in [7, 11) is 0. The van der Waals surface area contributed by atoms with Crippen LogP contribution in [0.3, 0.4) is 0 Å². The zero-order chi connectivity index (χ0) is 18.7. The average molecular weight is 384 g/mol. The fraction of sp³-hybridized carbons (Fsp3) is 0.0625. The smallest absolute Gasteiger partial charge is 0.245 e. The van der Waals surface area contributed by atoms with E-state index in [0.29, 0.717) is 4.88 Å². The Bertz CT molecular complexity index is 935. The molecule has 1 N–H and O–H groups in total. The molecule has 0 amide bonds. The summed E-state index contributed by atoms with van der Waals surface area (Å²) in [5.74, 6) is -0.919. The Morgan fingerprint density at radius 1 is 1.00 bits per heavy atom. The molecule has 2 aromatic heterocycles. The van der Waals surface area contributed by atoms with E-state index >= 15 is 0 Å². The van der Waals surface area contributed by atoms with Crippen molar-refractivity contribution in [1.29, 1.82) is 0 Å². The van der Waals surface area contributed by atoms with Crippen molar-refractivity contribution >= 4 is 23.5 Å². The molecule has 134 valence electrons. The zero-order valence-electron chi connectivity index (χ0n) is 12.8. The van der Waals surface area contributed by atoms with E-state index in [4.69, 9.17) is 0 Å². The van der Waals surface area contributed by atoms with Gasteiger partial charge in [-0.3, -0.25) is 0 Å². The van der Waals surface area contributed by atoms with Gasteiger partial charge in [-0.2, -0.15) is 22.7 Å². The number of nitrogens with zero attached hydrogens (tertiary/aromatic N) is 3. The first kappa shape index (κ1) is 17.9. The largest absolute Gasteiger partial charge is 0.433 e. The standard InChI is InChI=1S/C16H9F5N4S/c17-10-3-1-9(2-4-10)12-7-13(16(19,20)21)24-15(23-12)25-22-8-11-5-6-14(18)26-11/h1-8H,(H,23,24,25)/b22-8+. The number of aromatic nitrogens is 2. The van der Waals surface area contributed by atoms with Crippen LogP contribution in [0.2, 0.25) is 0 Å². The Balaban J connectivity index is 1.92. The van der Waals surface area contributed by atoms with Gasteiger partial charge in [-0.1, -0.05) is 0 Å². The molecule has 26 heavy (non-hydrogen) atoms. The number of anilines is 1. The number of benzene rings is 1. The van der Waals surface area contributed by atoms with Crippen LogP contribution in [0, 0.1) is 10.9 Å². The summed E-state index contributed by atoms with van der Waals surface area (Å²) in [6.07, 6.45) is -3.47. The molecule has 10 heteroatoms. The number of alkyl halides is 3. The predicted octanol–water partition coefficient (Wildman–Crippen LogP) is 4.95. The van der Waals surface area contributed by atoms with Crippen LogP contribution in [0.25, 0.3) is 11.3 Å². The number of thiophene rings is 1. The minimum absolute atomic E-state index is 0.0489. The summed E-state index contributed by atoms with van der Waals surface area (Å²) in [6, 6.07) is 8.29. The number of hydrogen-bond donors (Lipinski definition) is 1. The van der Waals surface area contributed by atoms with E-state index in [2.05, 4.69) is 20.5 Å². The Morgan fingerprint density at radius 2 is 1.73 bits per heavy atom. The molecule has 0 aliphatic carbocycles. The highest BCUT2D eigenvalue weighted by atomic mass is 32.1. The average Bonchev–Trinajstić information content (AvgIpc) is 3.00. The Morgan fingerprint density at radius 3 is 2.35 bits per heavy atom. The van der Waals surface area contributed by atoms with Gasteiger partial charge in [-0.15, -0.1) is 11.3 Å². The minimum Gasteiger partial charge on any atom is -0.245 e. The third kappa shape index (κ3) is 4.39. The third-order valence-electron chi connectivity index (χ3n) is 3.11. The van der Waals surface area contributed by atoms with Crippen LogP contribution in [-0.2, 0) is 6.18 Å². The summed E-state index contributed by atoms with van der Waals surface area (Å²) in [6.45, 7) is 0. The van der Waals surface area contributed by atoms with Gasteiger partial charge in [0.15, 0.2) is 10.8 Å². The van der Waals surface area contributed by atoms with Crippen molar-refractivity contribution in [3.8, 4) is 11.3 Å². The van der Waals surface area contributed by atoms with Crippen LogP contribution < -0.4 is 5.43 Å². The molecule has 1 aromatic carbocycles. The SMILES string of the molecule is Fc1ccc(-c2cc(C(F)(F)F)nc(N/N=C/c3ccc(F)s3)n2)cc1. The molecule has 0 aliphatic rings. The van der Waals surface area contributed by atoms with Crippen LogP contribution in [0.1, 0.15) is 10.6 Å². The molecule has 0 bridgehead atoms. The molecule has 2 heterocycles. The quantitative estimate of drug-likeness (QED) is 0.393. The minimum atomic E-state index is -4.70. The molecule has 0 saturated carbocycles. The van der Waals surface area contributed by atoms with E-state index in [-0.39, 0.29) is 11.3 Å². The zero-order valence-corrected chi connectivity index (χ0v) is 13.6. The van der Waals surface area contributed by atoms with Gasteiger partial charge >= 0.3 is 6.18 Å². The van der Waals surface area contributed by atoms with Gasteiger partial charge in [0.05, 0.1) is 16.8 Å². The van der Waals surface area contributed by atoms with E-state index in [9.17, 15) is 22.0 Å². The first-order valence-corrected chi connectivity index (χ1v) is 7.89. The van der Waals surface area contributed by atoms with Crippen molar-refractivity contribution in [1.82, 2.24) is 9.97 Å². The van der Waals surface area contributed by atoms with E-state index in [1.165, 1.54) is 30.5 Å². The third-order valence-corrected chi connectivity index (χ3v) is 3.92. The molecule has 0 saturated heterocycles. The summed E-state index contributed by atoms with van der Waals surface area (Å²) < 4.78 is 65.1. The molecule has 0 atom stereocenters. The molecule has 0 radical (unpaired) electrons. The highest BCUT2D eigenvalue weighted by molar-refractivity contribution is 7.12. The topological polar surface area (TPSA) is 50.2 Å². The van der Waals surface area contributed by atoms with E-state index in [1.54, 1.807) is 0 Å². The summed E-state index contributed by atoms with van der Waals surface area (Å²) in [4.78, 5) is 7.79. The van der Waals surface area contributed by atoms with Crippen LogP contribution in [-0.4, -0.2) is 16.2 Å². The van der Waals surface area contributed by atoms with Gasteiger partial charge in [0.2, 0.25) is 5.95 Å². The second kappa shape index (κ2) is 7.16. The Hall–Kier alpha value is -2.88.